The maximum Gasteiger partial charge on any atom is 0.306 e. The highest BCUT2D eigenvalue weighted by atomic mass is 16.7. The summed E-state index contributed by atoms with van der Waals surface area (Å²) in [5, 5.41) is 0. The summed E-state index contributed by atoms with van der Waals surface area (Å²) >= 11 is 0. The van der Waals surface area contributed by atoms with Crippen LogP contribution in [0.25, 0.3) is 0 Å². The molecular weight excluding hydrogens is 348 g/mol. The second-order valence-corrected chi connectivity index (χ2v) is 7.19. The van der Waals surface area contributed by atoms with Gasteiger partial charge in [-0.2, -0.15) is 0 Å². The summed E-state index contributed by atoms with van der Waals surface area (Å²) in [5.41, 5.74) is 1.07. The third-order valence-electron chi connectivity index (χ3n) is 5.31. The molecule has 1 saturated carbocycles. The molecule has 27 heavy (non-hydrogen) atoms. The highest BCUT2D eigenvalue weighted by molar-refractivity contribution is 5.88. The molecule has 6 heteroatoms. The van der Waals surface area contributed by atoms with Crippen molar-refractivity contribution in [1.29, 1.82) is 0 Å². The predicted octanol–water partition coefficient (Wildman–Crippen LogP) is 2.88. The van der Waals surface area contributed by atoms with Crippen molar-refractivity contribution in [3.05, 3.63) is 35.9 Å². The Bertz CT molecular complexity index is 610. The van der Waals surface area contributed by atoms with E-state index in [0.717, 1.165) is 24.8 Å². The predicted molar refractivity (Wildman–Crippen MR) is 97.8 cm³/mol. The molecule has 6 nitrogen and oxygen atoms in total. The molecule has 1 aromatic carbocycles. The average molecular weight is 376 g/mol. The van der Waals surface area contributed by atoms with E-state index in [0.29, 0.717) is 26.2 Å². The van der Waals surface area contributed by atoms with Crippen LogP contribution in [0.3, 0.4) is 0 Å². The van der Waals surface area contributed by atoms with Crippen LogP contribution in [0.5, 0.6) is 0 Å². The van der Waals surface area contributed by atoms with E-state index in [1.54, 1.807) is 0 Å². The molecule has 1 aromatic rings. The van der Waals surface area contributed by atoms with Crippen molar-refractivity contribution in [3.8, 4) is 0 Å². The molecule has 1 heterocycles. The van der Waals surface area contributed by atoms with Crippen LogP contribution in [-0.4, -0.2) is 44.5 Å². The van der Waals surface area contributed by atoms with E-state index >= 15 is 0 Å². The Hall–Kier alpha value is -1.76. The molecule has 1 aliphatic heterocycles. The molecular formula is C21H28O6. The number of hydrogen-bond donors (Lipinski definition) is 0. The second-order valence-electron chi connectivity index (χ2n) is 7.19. The number of methoxy groups -OCH3 is 1. The molecule has 0 bridgehead atoms. The molecule has 3 rings (SSSR count). The summed E-state index contributed by atoms with van der Waals surface area (Å²) in [5.74, 6) is -0.946. The summed E-state index contributed by atoms with van der Waals surface area (Å²) in [4.78, 5) is 24.3. The lowest BCUT2D eigenvalue weighted by molar-refractivity contribution is -0.199. The van der Waals surface area contributed by atoms with Gasteiger partial charge in [0.05, 0.1) is 32.8 Å². The van der Waals surface area contributed by atoms with Gasteiger partial charge in [0, 0.05) is 24.9 Å². The van der Waals surface area contributed by atoms with Crippen LogP contribution in [-0.2, 0) is 35.1 Å². The number of carbonyl (C=O) groups excluding carboxylic acids is 2. The lowest BCUT2D eigenvalue weighted by Gasteiger charge is -2.29. The fourth-order valence-electron chi connectivity index (χ4n) is 3.80. The first-order chi connectivity index (χ1) is 13.2. The van der Waals surface area contributed by atoms with Crippen molar-refractivity contribution in [2.75, 3.05) is 20.3 Å². The van der Waals surface area contributed by atoms with E-state index in [4.69, 9.17) is 18.9 Å². The largest absolute Gasteiger partial charge is 0.469 e. The van der Waals surface area contributed by atoms with Gasteiger partial charge < -0.3 is 18.9 Å². The highest BCUT2D eigenvalue weighted by Gasteiger charge is 2.45. The zero-order valence-electron chi connectivity index (χ0n) is 15.8. The van der Waals surface area contributed by atoms with Crippen molar-refractivity contribution in [3.63, 3.8) is 0 Å². The van der Waals surface area contributed by atoms with Crippen LogP contribution in [0, 0.1) is 11.8 Å². The minimum absolute atomic E-state index is 0.0366. The zero-order valence-corrected chi connectivity index (χ0v) is 15.8. The van der Waals surface area contributed by atoms with Crippen LogP contribution in [0.4, 0.5) is 0 Å². The van der Waals surface area contributed by atoms with Crippen LogP contribution in [0.1, 0.15) is 37.7 Å². The van der Waals surface area contributed by atoms with Gasteiger partial charge in [0.15, 0.2) is 6.29 Å². The Morgan fingerprint density at radius 2 is 2.04 bits per heavy atom. The van der Waals surface area contributed by atoms with E-state index in [9.17, 15) is 9.59 Å². The first-order valence-electron chi connectivity index (χ1n) is 9.65. The molecule has 4 atom stereocenters. The van der Waals surface area contributed by atoms with Crippen LogP contribution < -0.4 is 0 Å². The van der Waals surface area contributed by atoms with Gasteiger partial charge in [-0.1, -0.05) is 30.3 Å². The number of esters is 1. The Kier molecular flexibility index (Phi) is 7.38. The molecule has 148 valence electrons. The fraction of sp³-hybridized carbons (Fsp3) is 0.619. The monoisotopic (exact) mass is 376 g/mol. The maximum atomic E-state index is 12.5. The summed E-state index contributed by atoms with van der Waals surface area (Å²) in [6.45, 7) is 1.51. The summed E-state index contributed by atoms with van der Waals surface area (Å²) in [6, 6.07) is 9.87. The molecule has 2 fully saturated rings. The van der Waals surface area contributed by atoms with Gasteiger partial charge in [0.2, 0.25) is 0 Å². The number of carbonyl (C=O) groups is 2. The molecule has 0 amide bonds. The van der Waals surface area contributed by atoms with E-state index in [-0.39, 0.29) is 36.5 Å². The standard InChI is InChI=1S/C21H28O6/c1-24-20(23)11-16-17(14-25-13-15-7-3-2-4-8-15)19(12-18(16)22)27-21-9-5-6-10-26-21/h2-4,7-8,16-17,19,21H,5-6,9-14H2,1H3/t16-,17-,19-,21?/m0/s1. The fourth-order valence-corrected chi connectivity index (χ4v) is 3.80. The summed E-state index contributed by atoms with van der Waals surface area (Å²) < 4.78 is 22.4. The van der Waals surface area contributed by atoms with E-state index in [1.807, 2.05) is 30.3 Å². The van der Waals surface area contributed by atoms with Gasteiger partial charge in [0.25, 0.3) is 0 Å². The number of rotatable bonds is 8. The minimum Gasteiger partial charge on any atom is -0.469 e. The van der Waals surface area contributed by atoms with Gasteiger partial charge in [-0.25, -0.2) is 0 Å². The van der Waals surface area contributed by atoms with Gasteiger partial charge >= 0.3 is 5.97 Å². The quantitative estimate of drug-likeness (QED) is 0.650. The molecule has 1 aliphatic carbocycles. The lowest BCUT2D eigenvalue weighted by atomic mass is 9.92. The lowest BCUT2D eigenvalue weighted by Crippen LogP contribution is -2.34. The number of ketones is 1. The number of ether oxygens (including phenoxy) is 4. The number of Topliss-reactive ketones (excluding diaryl/α,β-unsaturated/α-hetero) is 1. The molecule has 0 radical (unpaired) electrons. The van der Waals surface area contributed by atoms with Crippen molar-refractivity contribution >= 4 is 11.8 Å². The SMILES string of the molecule is COC(=O)C[C@@H]1C(=O)C[C@H](OC2CCCCO2)[C@H]1COCc1ccccc1. The number of benzene rings is 1. The van der Waals surface area contributed by atoms with Crippen LogP contribution in [0.15, 0.2) is 30.3 Å². The summed E-state index contributed by atoms with van der Waals surface area (Å²) in [7, 11) is 1.34. The normalized spacial score (nSPS) is 28.3. The van der Waals surface area contributed by atoms with Crippen LogP contribution in [0.2, 0.25) is 0 Å². The molecule has 1 saturated heterocycles. The molecule has 0 spiro atoms. The van der Waals surface area contributed by atoms with Gasteiger partial charge in [-0.15, -0.1) is 0 Å². The molecule has 0 aromatic heterocycles. The Balaban J connectivity index is 1.62. The Labute approximate surface area is 160 Å². The van der Waals surface area contributed by atoms with Crippen molar-refractivity contribution in [1.82, 2.24) is 0 Å². The molecule has 1 unspecified atom stereocenters. The van der Waals surface area contributed by atoms with Gasteiger partial charge in [0.1, 0.15) is 5.78 Å². The van der Waals surface area contributed by atoms with Crippen molar-refractivity contribution < 1.29 is 28.5 Å². The summed E-state index contributed by atoms with van der Waals surface area (Å²) in [6.07, 6.45) is 2.74. The van der Waals surface area contributed by atoms with E-state index < -0.39 is 5.92 Å². The molecule has 0 N–H and O–H groups in total. The van der Waals surface area contributed by atoms with Crippen LogP contribution >= 0.6 is 0 Å². The maximum absolute atomic E-state index is 12.5. The second kappa shape index (κ2) is 9.97. The van der Waals surface area contributed by atoms with E-state index in [2.05, 4.69) is 0 Å². The van der Waals surface area contributed by atoms with Gasteiger partial charge in [-0.05, 0) is 24.8 Å². The Morgan fingerprint density at radius 1 is 1.22 bits per heavy atom. The van der Waals surface area contributed by atoms with E-state index in [1.165, 1.54) is 7.11 Å². The van der Waals surface area contributed by atoms with Gasteiger partial charge in [-0.3, -0.25) is 9.59 Å². The third-order valence-corrected chi connectivity index (χ3v) is 5.31. The molecule has 2 aliphatic rings. The average Bonchev–Trinajstić information content (AvgIpc) is 2.98. The number of hydrogen-bond acceptors (Lipinski definition) is 6. The zero-order chi connectivity index (χ0) is 19.1. The highest BCUT2D eigenvalue weighted by Crippen LogP contribution is 2.36. The smallest absolute Gasteiger partial charge is 0.306 e. The third kappa shape index (κ3) is 5.61. The minimum atomic E-state index is -0.429. The first kappa shape index (κ1) is 20.0. The topological polar surface area (TPSA) is 71.1 Å². The first-order valence-corrected chi connectivity index (χ1v) is 9.65. The van der Waals surface area contributed by atoms with Crippen molar-refractivity contribution in [2.45, 2.75) is 51.1 Å². The Morgan fingerprint density at radius 3 is 2.74 bits per heavy atom. The van der Waals surface area contributed by atoms with Crippen molar-refractivity contribution in [2.24, 2.45) is 11.8 Å².